The molecular weight excluding hydrogens is 532 g/mol. The lowest BCUT2D eigenvalue weighted by Crippen LogP contribution is -2.59. The van der Waals surface area contributed by atoms with Crippen molar-refractivity contribution in [3.8, 4) is 0 Å². The second-order valence-electron chi connectivity index (χ2n) is 11.7. The van der Waals surface area contributed by atoms with Crippen LogP contribution in [0.1, 0.15) is 31.7 Å². The molecular formula is C34H36N2O6. The van der Waals surface area contributed by atoms with Crippen LogP contribution in [0.2, 0.25) is 0 Å². The highest BCUT2D eigenvalue weighted by atomic mass is 16.5. The maximum atomic E-state index is 14.9. The molecule has 3 aliphatic heterocycles. The Bertz CT molecular complexity index is 1540. The van der Waals surface area contributed by atoms with Crippen molar-refractivity contribution in [2.75, 3.05) is 18.1 Å². The molecule has 3 aromatic rings. The minimum absolute atomic E-state index is 0.181. The Morgan fingerprint density at radius 2 is 1.81 bits per heavy atom. The number of hydrogen-bond acceptors (Lipinski definition) is 5. The van der Waals surface area contributed by atoms with Gasteiger partial charge in [-0.1, -0.05) is 73.7 Å². The molecule has 0 saturated carbocycles. The number of carboxylic acids is 1. The van der Waals surface area contributed by atoms with Crippen molar-refractivity contribution >= 4 is 34.2 Å². The van der Waals surface area contributed by atoms with Crippen LogP contribution in [0, 0.1) is 11.8 Å². The zero-order valence-corrected chi connectivity index (χ0v) is 23.7. The Hall–Kier alpha value is -4.01. The van der Waals surface area contributed by atoms with Crippen molar-refractivity contribution in [1.29, 1.82) is 0 Å². The summed E-state index contributed by atoms with van der Waals surface area (Å²) in [5, 5.41) is 23.0. The number of ether oxygens (including phenoxy) is 1. The van der Waals surface area contributed by atoms with Crippen molar-refractivity contribution in [3.63, 3.8) is 0 Å². The molecule has 8 nitrogen and oxygen atoms in total. The summed E-state index contributed by atoms with van der Waals surface area (Å²) in [5.41, 5.74) is -0.792. The monoisotopic (exact) mass is 568 g/mol. The van der Waals surface area contributed by atoms with Crippen LogP contribution in [-0.4, -0.2) is 69.3 Å². The number of likely N-dealkylation sites (tertiary alicyclic amines) is 1. The summed E-state index contributed by atoms with van der Waals surface area (Å²) in [5.74, 6) is -4.00. The average Bonchev–Trinajstić information content (AvgIpc) is 3.62. The fraction of sp³-hybridized carbons (Fsp3) is 0.382. The Morgan fingerprint density at radius 1 is 1.10 bits per heavy atom. The van der Waals surface area contributed by atoms with Crippen LogP contribution in [0.25, 0.3) is 10.8 Å². The van der Waals surface area contributed by atoms with Gasteiger partial charge in [-0.25, -0.2) is 0 Å². The first kappa shape index (κ1) is 28.1. The topological polar surface area (TPSA) is 107 Å². The molecule has 3 fully saturated rings. The molecule has 0 aliphatic carbocycles. The lowest BCUT2D eigenvalue weighted by Gasteiger charge is -2.39. The van der Waals surface area contributed by atoms with E-state index < -0.39 is 47.0 Å². The van der Waals surface area contributed by atoms with Crippen LogP contribution in [0.15, 0.2) is 85.5 Å². The molecule has 3 aromatic carbocycles. The first-order valence-corrected chi connectivity index (χ1v) is 14.6. The van der Waals surface area contributed by atoms with E-state index in [1.54, 1.807) is 11.0 Å². The first-order valence-electron chi connectivity index (χ1n) is 14.6. The van der Waals surface area contributed by atoms with Crippen molar-refractivity contribution in [2.24, 2.45) is 11.8 Å². The highest BCUT2D eigenvalue weighted by Gasteiger charge is 2.79. The Balaban J connectivity index is 1.48. The number of carboxylic acid groups (broad SMARTS) is 1. The van der Waals surface area contributed by atoms with Gasteiger partial charge in [-0.2, -0.15) is 0 Å². The fourth-order valence-corrected chi connectivity index (χ4v) is 7.78. The normalized spacial score (nSPS) is 28.6. The number of carbonyl (C=O) groups excluding carboxylic acids is 2. The van der Waals surface area contributed by atoms with Crippen LogP contribution in [0.5, 0.6) is 0 Å². The van der Waals surface area contributed by atoms with Gasteiger partial charge in [-0.05, 0) is 54.2 Å². The van der Waals surface area contributed by atoms with Crippen LogP contribution in [0.3, 0.4) is 0 Å². The quantitative estimate of drug-likeness (QED) is 0.355. The molecule has 6 atom stereocenters. The largest absolute Gasteiger partial charge is 0.481 e. The third-order valence-electron chi connectivity index (χ3n) is 9.66. The summed E-state index contributed by atoms with van der Waals surface area (Å²) in [4.78, 5) is 45.1. The average molecular weight is 569 g/mol. The van der Waals surface area contributed by atoms with E-state index in [2.05, 4.69) is 6.58 Å². The molecule has 218 valence electrons. The van der Waals surface area contributed by atoms with E-state index >= 15 is 0 Å². The second kappa shape index (κ2) is 10.7. The third kappa shape index (κ3) is 4.15. The number of carbonyl (C=O) groups is 3. The van der Waals surface area contributed by atoms with Gasteiger partial charge >= 0.3 is 5.97 Å². The molecule has 2 bridgehead atoms. The van der Waals surface area contributed by atoms with Crippen molar-refractivity contribution in [2.45, 2.75) is 55.9 Å². The Kier molecular flexibility index (Phi) is 7.15. The van der Waals surface area contributed by atoms with E-state index in [-0.39, 0.29) is 19.1 Å². The molecule has 2 amide bonds. The molecule has 3 heterocycles. The molecule has 8 heteroatoms. The summed E-state index contributed by atoms with van der Waals surface area (Å²) in [6.45, 7) is 5.56. The van der Waals surface area contributed by atoms with E-state index in [4.69, 9.17) is 4.74 Å². The van der Waals surface area contributed by atoms with Crippen molar-refractivity contribution < 1.29 is 29.3 Å². The van der Waals surface area contributed by atoms with Gasteiger partial charge in [-0.3, -0.25) is 14.4 Å². The summed E-state index contributed by atoms with van der Waals surface area (Å²) in [6.07, 6.45) is 3.20. The van der Waals surface area contributed by atoms with E-state index in [0.29, 0.717) is 31.4 Å². The number of anilines is 1. The highest BCUT2D eigenvalue weighted by molar-refractivity contribution is 6.05. The fourth-order valence-electron chi connectivity index (χ4n) is 7.78. The van der Waals surface area contributed by atoms with Gasteiger partial charge in [-0.15, -0.1) is 6.58 Å². The minimum Gasteiger partial charge on any atom is -0.481 e. The zero-order valence-electron chi connectivity index (χ0n) is 23.7. The van der Waals surface area contributed by atoms with Gasteiger partial charge in [0.25, 0.3) is 5.91 Å². The number of aliphatic carboxylic acids is 1. The molecule has 2 N–H and O–H groups in total. The standard InChI is InChI=1S/C34H36N2O6/c1-3-18-35(25-15-14-23-12-8-9-13-24(23)20-25)31(39)29-34-17-16-33(4-2,42-34)28(32(40)41)27(34)30(38)36(29)26(21-37)19-22-10-6-5-7-11-22/h3,5-15,20,26-29,37H,1,4,16-19,21H2,2H3,(H,40,41)/t26-,27+,28-,29?,33+,34?/m1/s1. The molecule has 42 heavy (non-hydrogen) atoms. The SMILES string of the molecule is C=CCN(C(=O)C1N([C@@H](CO)Cc2ccccc2)C(=O)[C@@H]2[C@H](C(=O)O)[C@]3(CC)CCC12O3)c1ccc2ccccc2c1. The predicted octanol–water partition coefficient (Wildman–Crippen LogP) is 4.20. The molecule has 3 saturated heterocycles. The first-order chi connectivity index (χ1) is 20.3. The Morgan fingerprint density at radius 3 is 2.48 bits per heavy atom. The number of fused-ring (bicyclic) bond motifs is 2. The number of nitrogens with zero attached hydrogens (tertiary/aromatic N) is 2. The maximum absolute atomic E-state index is 14.9. The molecule has 2 unspecified atom stereocenters. The van der Waals surface area contributed by atoms with E-state index in [0.717, 1.165) is 16.3 Å². The van der Waals surface area contributed by atoms with Crippen LogP contribution in [-0.2, 0) is 25.5 Å². The highest BCUT2D eigenvalue weighted by Crippen LogP contribution is 2.64. The van der Waals surface area contributed by atoms with Crippen molar-refractivity contribution in [3.05, 3.63) is 91.0 Å². The van der Waals surface area contributed by atoms with E-state index in [1.165, 1.54) is 4.90 Å². The number of amides is 2. The molecule has 1 spiro atoms. The van der Waals surface area contributed by atoms with Gasteiger partial charge in [0.2, 0.25) is 5.91 Å². The van der Waals surface area contributed by atoms with Gasteiger partial charge in [0.05, 0.1) is 24.2 Å². The summed E-state index contributed by atoms with van der Waals surface area (Å²) < 4.78 is 6.71. The molecule has 6 rings (SSSR count). The molecule has 3 aliphatic rings. The minimum atomic E-state index is -1.31. The third-order valence-corrected chi connectivity index (χ3v) is 9.66. The number of benzene rings is 3. The summed E-state index contributed by atoms with van der Waals surface area (Å²) in [7, 11) is 0. The zero-order chi connectivity index (χ0) is 29.6. The van der Waals surface area contributed by atoms with Gasteiger partial charge in [0.15, 0.2) is 0 Å². The van der Waals surface area contributed by atoms with Crippen LogP contribution in [0.4, 0.5) is 5.69 Å². The molecule has 0 aromatic heterocycles. The smallest absolute Gasteiger partial charge is 0.310 e. The summed E-state index contributed by atoms with van der Waals surface area (Å²) >= 11 is 0. The van der Waals surface area contributed by atoms with Crippen LogP contribution >= 0.6 is 0 Å². The number of rotatable bonds is 10. The summed E-state index contributed by atoms with van der Waals surface area (Å²) in [6, 6.07) is 21.2. The van der Waals surface area contributed by atoms with E-state index in [1.807, 2.05) is 79.7 Å². The van der Waals surface area contributed by atoms with Gasteiger partial charge in [0, 0.05) is 12.2 Å². The Labute approximate surface area is 245 Å². The van der Waals surface area contributed by atoms with Gasteiger partial charge in [0.1, 0.15) is 17.6 Å². The number of aliphatic hydroxyl groups excluding tert-OH is 1. The second-order valence-corrected chi connectivity index (χ2v) is 11.7. The van der Waals surface area contributed by atoms with E-state index in [9.17, 15) is 24.6 Å². The number of hydrogen-bond donors (Lipinski definition) is 2. The van der Waals surface area contributed by atoms with Gasteiger partial charge < -0.3 is 24.7 Å². The predicted molar refractivity (Wildman–Crippen MR) is 159 cm³/mol. The van der Waals surface area contributed by atoms with Crippen molar-refractivity contribution in [1.82, 2.24) is 4.90 Å². The number of aliphatic hydroxyl groups is 1. The lowest BCUT2D eigenvalue weighted by molar-refractivity contribution is -0.157. The maximum Gasteiger partial charge on any atom is 0.310 e. The molecule has 0 radical (unpaired) electrons. The van der Waals surface area contributed by atoms with Crippen LogP contribution < -0.4 is 4.90 Å². The lowest BCUT2D eigenvalue weighted by atomic mass is 9.65.